The van der Waals surface area contributed by atoms with Crippen LogP contribution in [0.4, 0.5) is 5.69 Å². The summed E-state index contributed by atoms with van der Waals surface area (Å²) < 4.78 is 5.67. The number of benzene rings is 2. The number of non-ortho nitro benzene ring substituents is 1. The Morgan fingerprint density at radius 3 is 2.59 bits per heavy atom. The van der Waals surface area contributed by atoms with Crippen LogP contribution in [0.2, 0.25) is 5.02 Å². The van der Waals surface area contributed by atoms with Crippen molar-refractivity contribution >= 4 is 29.4 Å². The van der Waals surface area contributed by atoms with Gasteiger partial charge in [0.15, 0.2) is 0 Å². The van der Waals surface area contributed by atoms with Gasteiger partial charge in [-0.05, 0) is 55.0 Å². The Bertz CT molecular complexity index is 1030. The number of nitrogens with one attached hydrogen (secondary N) is 1. The van der Waals surface area contributed by atoms with Crippen molar-refractivity contribution in [2.24, 2.45) is 5.10 Å². The fourth-order valence-electron chi connectivity index (χ4n) is 2.43. The van der Waals surface area contributed by atoms with E-state index >= 15 is 0 Å². The van der Waals surface area contributed by atoms with Gasteiger partial charge in [0, 0.05) is 28.3 Å². The van der Waals surface area contributed by atoms with Gasteiger partial charge in [0.2, 0.25) is 0 Å². The first-order valence-electron chi connectivity index (χ1n) is 7.88. The summed E-state index contributed by atoms with van der Waals surface area (Å²) in [5.74, 6) is 0.605. The van der Waals surface area contributed by atoms with Gasteiger partial charge >= 0.3 is 0 Å². The molecule has 0 radical (unpaired) electrons. The Morgan fingerprint density at radius 1 is 1.19 bits per heavy atom. The van der Waals surface area contributed by atoms with Gasteiger partial charge in [0.05, 0.1) is 11.1 Å². The van der Waals surface area contributed by atoms with E-state index in [0.29, 0.717) is 22.1 Å². The normalized spacial score (nSPS) is 10.9. The molecule has 0 atom stereocenters. The summed E-state index contributed by atoms with van der Waals surface area (Å²) in [7, 11) is 0. The van der Waals surface area contributed by atoms with E-state index in [1.165, 1.54) is 18.3 Å². The van der Waals surface area contributed by atoms with E-state index in [9.17, 15) is 14.9 Å². The largest absolute Gasteiger partial charge is 0.455 e. The molecule has 0 aliphatic carbocycles. The van der Waals surface area contributed by atoms with Crippen molar-refractivity contribution in [3.8, 4) is 11.3 Å². The molecule has 3 rings (SSSR count). The van der Waals surface area contributed by atoms with Crippen LogP contribution in [-0.4, -0.2) is 17.0 Å². The second-order valence-corrected chi connectivity index (χ2v) is 6.10. The Balaban J connectivity index is 1.69. The molecule has 0 spiro atoms. The van der Waals surface area contributed by atoms with Crippen LogP contribution in [0.15, 0.2) is 64.1 Å². The number of amides is 1. The molecule has 1 N–H and O–H groups in total. The summed E-state index contributed by atoms with van der Waals surface area (Å²) in [6, 6.07) is 14.4. The van der Waals surface area contributed by atoms with Crippen LogP contribution in [0.1, 0.15) is 21.7 Å². The zero-order valence-corrected chi connectivity index (χ0v) is 14.9. The summed E-state index contributed by atoms with van der Waals surface area (Å²) >= 11 is 5.78. The highest BCUT2D eigenvalue weighted by molar-refractivity contribution is 6.30. The third kappa shape index (κ3) is 4.39. The minimum Gasteiger partial charge on any atom is -0.455 e. The molecule has 0 aliphatic rings. The fraction of sp³-hybridized carbons (Fsp3) is 0.0526. The lowest BCUT2D eigenvalue weighted by Crippen LogP contribution is -2.17. The van der Waals surface area contributed by atoms with E-state index in [2.05, 4.69) is 10.5 Å². The molecular weight excluding hydrogens is 370 g/mol. The Hall–Kier alpha value is -3.45. The Kier molecular flexibility index (Phi) is 5.33. The molecule has 0 unspecified atom stereocenters. The lowest BCUT2D eigenvalue weighted by Gasteiger charge is -2.02. The molecule has 0 fully saturated rings. The van der Waals surface area contributed by atoms with Gasteiger partial charge in [-0.1, -0.05) is 11.6 Å². The maximum Gasteiger partial charge on any atom is 0.271 e. The number of nitrogens with zero attached hydrogens (tertiary/aromatic N) is 2. The molecule has 7 nitrogen and oxygen atoms in total. The average molecular weight is 384 g/mol. The van der Waals surface area contributed by atoms with Gasteiger partial charge < -0.3 is 4.42 Å². The number of hydrogen-bond donors (Lipinski definition) is 1. The highest BCUT2D eigenvalue weighted by Gasteiger charge is 2.12. The monoisotopic (exact) mass is 383 g/mol. The number of hydrazone groups is 1. The zero-order chi connectivity index (χ0) is 19.4. The molecule has 0 saturated heterocycles. The van der Waals surface area contributed by atoms with E-state index in [-0.39, 0.29) is 11.6 Å². The highest BCUT2D eigenvalue weighted by Crippen LogP contribution is 2.28. The molecule has 1 amide bonds. The van der Waals surface area contributed by atoms with Crippen molar-refractivity contribution in [3.05, 3.63) is 86.6 Å². The Morgan fingerprint density at radius 2 is 1.93 bits per heavy atom. The summed E-state index contributed by atoms with van der Waals surface area (Å²) in [5, 5.41) is 15.2. The third-order valence-electron chi connectivity index (χ3n) is 3.78. The smallest absolute Gasteiger partial charge is 0.271 e. The van der Waals surface area contributed by atoms with Crippen molar-refractivity contribution in [1.82, 2.24) is 5.43 Å². The SMILES string of the molecule is Cc1cc([N+](=O)[O-])ccc1-c1ccc(C=NNC(=O)c2ccc(Cl)cc2)o1. The molecular formula is C19H14ClN3O4. The number of nitro benzene ring substituents is 1. The first-order chi connectivity index (χ1) is 12.9. The molecule has 1 heterocycles. The molecule has 3 aromatic rings. The number of carbonyl (C=O) groups is 1. The number of nitro groups is 1. The van der Waals surface area contributed by atoms with Crippen molar-refractivity contribution < 1.29 is 14.1 Å². The van der Waals surface area contributed by atoms with E-state index in [1.807, 2.05) is 0 Å². The number of carbonyl (C=O) groups excluding carboxylic acids is 1. The van der Waals surface area contributed by atoms with Crippen molar-refractivity contribution in [3.63, 3.8) is 0 Å². The van der Waals surface area contributed by atoms with Crippen molar-refractivity contribution in [2.75, 3.05) is 0 Å². The van der Waals surface area contributed by atoms with E-state index in [0.717, 1.165) is 11.1 Å². The first kappa shape index (κ1) is 18.3. The highest BCUT2D eigenvalue weighted by atomic mass is 35.5. The predicted octanol–water partition coefficient (Wildman–Crippen LogP) is 4.58. The van der Waals surface area contributed by atoms with E-state index in [1.54, 1.807) is 49.4 Å². The van der Waals surface area contributed by atoms with Crippen LogP contribution >= 0.6 is 11.6 Å². The molecule has 0 bridgehead atoms. The standard InChI is InChI=1S/C19H14ClN3O4/c1-12-10-15(23(25)26)6-8-17(12)18-9-7-16(27-18)11-21-22-19(24)13-2-4-14(20)5-3-13/h2-11H,1H3,(H,22,24). The number of halogens is 1. The second-order valence-electron chi connectivity index (χ2n) is 5.66. The minimum absolute atomic E-state index is 0.0227. The van der Waals surface area contributed by atoms with Gasteiger partial charge in [0.25, 0.3) is 11.6 Å². The maximum absolute atomic E-state index is 12.0. The first-order valence-corrected chi connectivity index (χ1v) is 8.26. The minimum atomic E-state index is -0.444. The van der Waals surface area contributed by atoms with Gasteiger partial charge in [-0.25, -0.2) is 5.43 Å². The molecule has 136 valence electrons. The molecule has 0 aliphatic heterocycles. The third-order valence-corrected chi connectivity index (χ3v) is 4.03. The summed E-state index contributed by atoms with van der Waals surface area (Å²) in [4.78, 5) is 22.3. The maximum atomic E-state index is 12.0. The fourth-order valence-corrected chi connectivity index (χ4v) is 2.55. The molecule has 8 heteroatoms. The van der Waals surface area contributed by atoms with E-state index in [4.69, 9.17) is 16.0 Å². The zero-order valence-electron chi connectivity index (χ0n) is 14.2. The quantitative estimate of drug-likeness (QED) is 0.396. The van der Waals surface area contributed by atoms with Gasteiger partial charge in [-0.2, -0.15) is 5.10 Å². The summed E-state index contributed by atoms with van der Waals surface area (Å²) in [6.07, 6.45) is 1.37. The number of aryl methyl sites for hydroxylation is 1. The number of furan rings is 1. The summed E-state index contributed by atoms with van der Waals surface area (Å²) in [5.41, 5.74) is 4.31. The topological polar surface area (TPSA) is 97.7 Å². The van der Waals surface area contributed by atoms with Crippen LogP contribution in [-0.2, 0) is 0 Å². The van der Waals surface area contributed by atoms with Gasteiger partial charge in [-0.3, -0.25) is 14.9 Å². The Labute approximate surface area is 159 Å². The lowest BCUT2D eigenvalue weighted by atomic mass is 10.1. The van der Waals surface area contributed by atoms with Crippen molar-refractivity contribution in [2.45, 2.75) is 6.92 Å². The molecule has 0 saturated carbocycles. The lowest BCUT2D eigenvalue weighted by molar-refractivity contribution is -0.384. The predicted molar refractivity (Wildman–Crippen MR) is 102 cm³/mol. The number of hydrogen-bond acceptors (Lipinski definition) is 5. The van der Waals surface area contributed by atoms with Gasteiger partial charge in [0.1, 0.15) is 11.5 Å². The van der Waals surface area contributed by atoms with Crippen LogP contribution in [0.5, 0.6) is 0 Å². The van der Waals surface area contributed by atoms with Crippen LogP contribution in [0.3, 0.4) is 0 Å². The van der Waals surface area contributed by atoms with Crippen LogP contribution in [0, 0.1) is 17.0 Å². The number of rotatable bonds is 5. The second kappa shape index (κ2) is 7.84. The van der Waals surface area contributed by atoms with E-state index < -0.39 is 4.92 Å². The van der Waals surface area contributed by atoms with Crippen molar-refractivity contribution in [1.29, 1.82) is 0 Å². The molecule has 27 heavy (non-hydrogen) atoms. The summed E-state index contributed by atoms with van der Waals surface area (Å²) in [6.45, 7) is 1.77. The van der Waals surface area contributed by atoms with Crippen LogP contribution < -0.4 is 5.43 Å². The molecule has 2 aromatic carbocycles. The van der Waals surface area contributed by atoms with Gasteiger partial charge in [-0.15, -0.1) is 0 Å². The molecule has 1 aromatic heterocycles. The average Bonchev–Trinajstić information content (AvgIpc) is 3.10. The van der Waals surface area contributed by atoms with Crippen LogP contribution in [0.25, 0.3) is 11.3 Å².